The molecule has 0 radical (unpaired) electrons. The molecule has 1 heterocycles. The highest BCUT2D eigenvalue weighted by molar-refractivity contribution is 8.01. The summed E-state index contributed by atoms with van der Waals surface area (Å²) in [5.41, 5.74) is 2.26. The second-order valence-electron chi connectivity index (χ2n) is 4.92. The third kappa shape index (κ3) is 1.89. The van der Waals surface area contributed by atoms with E-state index < -0.39 is 0 Å². The molecule has 1 aromatic carbocycles. The van der Waals surface area contributed by atoms with Crippen molar-refractivity contribution in [3.63, 3.8) is 0 Å². The van der Waals surface area contributed by atoms with Crippen molar-refractivity contribution in [1.29, 1.82) is 5.26 Å². The topological polar surface area (TPSA) is 44.1 Å². The molecule has 92 valence electrons. The van der Waals surface area contributed by atoms with Gasteiger partial charge in [-0.3, -0.25) is 4.79 Å². The first-order chi connectivity index (χ1) is 8.63. The molecule has 0 spiro atoms. The van der Waals surface area contributed by atoms with Crippen LogP contribution in [0, 0.1) is 11.3 Å². The highest BCUT2D eigenvalue weighted by Gasteiger charge is 2.44. The number of thioether (sulfide) groups is 1. The standard InChI is InChI=1S/C14H14N2OS/c1-10(17)16-7-4-11-8-12(2-3-13(11)16)18-14(9-15)5-6-14/h2-3,8H,4-7H2,1H3. The van der Waals surface area contributed by atoms with Gasteiger partial charge < -0.3 is 4.90 Å². The number of benzene rings is 1. The van der Waals surface area contributed by atoms with E-state index in [9.17, 15) is 4.79 Å². The van der Waals surface area contributed by atoms with Crippen LogP contribution in [-0.4, -0.2) is 17.2 Å². The largest absolute Gasteiger partial charge is 0.312 e. The van der Waals surface area contributed by atoms with E-state index in [1.165, 1.54) is 5.56 Å². The van der Waals surface area contributed by atoms with E-state index in [1.807, 2.05) is 17.0 Å². The number of anilines is 1. The Hall–Kier alpha value is -1.47. The first-order valence-corrected chi connectivity index (χ1v) is 6.96. The molecule has 1 aliphatic carbocycles. The molecular weight excluding hydrogens is 244 g/mol. The lowest BCUT2D eigenvalue weighted by Gasteiger charge is -2.15. The predicted octanol–water partition coefficient (Wildman–Crippen LogP) is 2.74. The van der Waals surface area contributed by atoms with Crippen molar-refractivity contribution in [3.05, 3.63) is 23.8 Å². The van der Waals surface area contributed by atoms with Crippen molar-refractivity contribution < 1.29 is 4.79 Å². The number of nitrogens with zero attached hydrogens (tertiary/aromatic N) is 2. The quantitative estimate of drug-likeness (QED) is 0.819. The maximum atomic E-state index is 11.5. The molecule has 2 aliphatic rings. The minimum Gasteiger partial charge on any atom is -0.312 e. The Morgan fingerprint density at radius 2 is 2.28 bits per heavy atom. The van der Waals surface area contributed by atoms with E-state index >= 15 is 0 Å². The predicted molar refractivity (Wildman–Crippen MR) is 71.6 cm³/mol. The van der Waals surface area contributed by atoms with Gasteiger partial charge in [0.2, 0.25) is 5.91 Å². The SMILES string of the molecule is CC(=O)N1CCc2cc(SC3(C#N)CC3)ccc21. The van der Waals surface area contributed by atoms with E-state index in [0.717, 1.165) is 36.4 Å². The van der Waals surface area contributed by atoms with Crippen molar-refractivity contribution >= 4 is 23.4 Å². The Morgan fingerprint density at radius 1 is 1.50 bits per heavy atom. The lowest BCUT2D eigenvalue weighted by Crippen LogP contribution is -2.25. The van der Waals surface area contributed by atoms with Crippen molar-refractivity contribution in [2.45, 2.75) is 35.8 Å². The average molecular weight is 258 g/mol. The number of fused-ring (bicyclic) bond motifs is 1. The van der Waals surface area contributed by atoms with Crippen LogP contribution in [0.25, 0.3) is 0 Å². The Balaban J connectivity index is 1.85. The summed E-state index contributed by atoms with van der Waals surface area (Å²) >= 11 is 1.67. The zero-order valence-electron chi connectivity index (χ0n) is 10.3. The molecule has 18 heavy (non-hydrogen) atoms. The number of nitriles is 1. The fourth-order valence-electron chi connectivity index (χ4n) is 2.34. The number of carbonyl (C=O) groups is 1. The number of hydrogen-bond acceptors (Lipinski definition) is 3. The second kappa shape index (κ2) is 4.03. The van der Waals surface area contributed by atoms with Crippen molar-refractivity contribution in [2.75, 3.05) is 11.4 Å². The highest BCUT2D eigenvalue weighted by atomic mass is 32.2. The van der Waals surface area contributed by atoms with Crippen LogP contribution in [0.4, 0.5) is 5.69 Å². The van der Waals surface area contributed by atoms with Gasteiger partial charge in [0, 0.05) is 24.1 Å². The zero-order valence-corrected chi connectivity index (χ0v) is 11.1. The Bertz CT molecular complexity index is 557. The summed E-state index contributed by atoms with van der Waals surface area (Å²) in [4.78, 5) is 14.4. The summed E-state index contributed by atoms with van der Waals surface area (Å²) in [5.74, 6) is 0.102. The monoisotopic (exact) mass is 258 g/mol. The molecule has 0 saturated heterocycles. The smallest absolute Gasteiger partial charge is 0.223 e. The molecule has 1 aromatic rings. The average Bonchev–Trinajstić information content (AvgIpc) is 2.99. The molecule has 1 aliphatic heterocycles. The van der Waals surface area contributed by atoms with Gasteiger partial charge >= 0.3 is 0 Å². The number of hydrogen-bond donors (Lipinski definition) is 0. The van der Waals surface area contributed by atoms with Crippen LogP contribution in [-0.2, 0) is 11.2 Å². The van der Waals surface area contributed by atoms with E-state index in [-0.39, 0.29) is 10.7 Å². The molecule has 1 fully saturated rings. The minimum atomic E-state index is -0.174. The molecule has 3 nitrogen and oxygen atoms in total. The van der Waals surface area contributed by atoms with E-state index in [2.05, 4.69) is 12.1 Å². The Kier molecular flexibility index (Phi) is 2.60. The molecule has 1 amide bonds. The van der Waals surface area contributed by atoms with E-state index in [0.29, 0.717) is 0 Å². The van der Waals surface area contributed by atoms with Gasteiger partial charge in [0.1, 0.15) is 4.75 Å². The minimum absolute atomic E-state index is 0.102. The van der Waals surface area contributed by atoms with Gasteiger partial charge in [-0.05, 0) is 43.0 Å². The summed E-state index contributed by atoms with van der Waals surface area (Å²) in [7, 11) is 0. The molecule has 0 unspecified atom stereocenters. The molecule has 0 atom stereocenters. The van der Waals surface area contributed by atoms with E-state index in [1.54, 1.807) is 18.7 Å². The molecule has 0 bridgehead atoms. The maximum Gasteiger partial charge on any atom is 0.223 e. The molecular formula is C14H14N2OS. The maximum absolute atomic E-state index is 11.5. The molecule has 4 heteroatoms. The summed E-state index contributed by atoms with van der Waals surface area (Å²) in [6.07, 6.45) is 2.90. The number of amides is 1. The van der Waals surface area contributed by atoms with Crippen molar-refractivity contribution in [3.8, 4) is 6.07 Å². The van der Waals surface area contributed by atoms with Crippen LogP contribution in [0.1, 0.15) is 25.3 Å². The van der Waals surface area contributed by atoms with Crippen LogP contribution in [0.2, 0.25) is 0 Å². The van der Waals surface area contributed by atoms with Crippen LogP contribution in [0.15, 0.2) is 23.1 Å². The van der Waals surface area contributed by atoms with Gasteiger partial charge in [0.05, 0.1) is 6.07 Å². The lowest BCUT2D eigenvalue weighted by molar-refractivity contribution is -0.116. The van der Waals surface area contributed by atoms with Crippen molar-refractivity contribution in [2.24, 2.45) is 0 Å². The van der Waals surface area contributed by atoms with Crippen LogP contribution in [0.5, 0.6) is 0 Å². The van der Waals surface area contributed by atoms with Crippen LogP contribution in [0.3, 0.4) is 0 Å². The van der Waals surface area contributed by atoms with Crippen molar-refractivity contribution in [1.82, 2.24) is 0 Å². The normalized spacial score (nSPS) is 19.2. The molecule has 0 aromatic heterocycles. The fraction of sp³-hybridized carbons (Fsp3) is 0.429. The van der Waals surface area contributed by atoms with Gasteiger partial charge in [0.25, 0.3) is 0 Å². The summed E-state index contributed by atoms with van der Waals surface area (Å²) in [6.45, 7) is 2.38. The molecule has 3 rings (SSSR count). The lowest BCUT2D eigenvalue weighted by atomic mass is 10.2. The molecule has 1 saturated carbocycles. The van der Waals surface area contributed by atoms with Crippen LogP contribution < -0.4 is 4.90 Å². The van der Waals surface area contributed by atoms with Gasteiger partial charge in [-0.25, -0.2) is 0 Å². The third-order valence-electron chi connectivity index (χ3n) is 3.55. The van der Waals surface area contributed by atoms with Gasteiger partial charge in [-0.15, -0.1) is 11.8 Å². The van der Waals surface area contributed by atoms with E-state index in [4.69, 9.17) is 5.26 Å². The number of carbonyl (C=O) groups excluding carboxylic acids is 1. The third-order valence-corrected chi connectivity index (χ3v) is 4.93. The summed E-state index contributed by atoms with van der Waals surface area (Å²) in [5, 5.41) is 9.10. The fourth-order valence-corrected chi connectivity index (χ4v) is 3.48. The second-order valence-corrected chi connectivity index (χ2v) is 6.38. The van der Waals surface area contributed by atoms with Gasteiger partial charge in [-0.2, -0.15) is 5.26 Å². The van der Waals surface area contributed by atoms with Gasteiger partial charge in [0.15, 0.2) is 0 Å². The first kappa shape index (κ1) is 11.6. The molecule has 0 N–H and O–H groups in total. The Morgan fingerprint density at radius 3 is 2.89 bits per heavy atom. The highest BCUT2D eigenvalue weighted by Crippen LogP contribution is 2.51. The first-order valence-electron chi connectivity index (χ1n) is 6.15. The Labute approximate surface area is 111 Å². The van der Waals surface area contributed by atoms with Crippen LogP contribution >= 0.6 is 11.8 Å². The van der Waals surface area contributed by atoms with Gasteiger partial charge in [-0.1, -0.05) is 0 Å². The summed E-state index contributed by atoms with van der Waals surface area (Å²) in [6, 6.07) is 8.58. The zero-order chi connectivity index (χ0) is 12.8. The number of rotatable bonds is 2. The summed E-state index contributed by atoms with van der Waals surface area (Å²) < 4.78 is -0.174.